The van der Waals surface area contributed by atoms with Crippen LogP contribution in [-0.2, 0) is 0 Å². The van der Waals surface area contributed by atoms with Gasteiger partial charge in [-0.05, 0) is 12.1 Å². The van der Waals surface area contributed by atoms with E-state index in [1.165, 1.54) is 4.90 Å². The Morgan fingerprint density at radius 3 is 2.72 bits per heavy atom. The summed E-state index contributed by atoms with van der Waals surface area (Å²) in [6.07, 6.45) is 0.360. The highest BCUT2D eigenvalue weighted by atomic mass is 16.5. The first kappa shape index (κ1) is 12.4. The van der Waals surface area contributed by atoms with Crippen molar-refractivity contribution in [1.29, 1.82) is 0 Å². The molecule has 2 amide bonds. The van der Waals surface area contributed by atoms with Crippen LogP contribution in [0, 0.1) is 0 Å². The van der Waals surface area contributed by atoms with Crippen molar-refractivity contribution in [3.05, 3.63) is 23.8 Å². The molecule has 0 saturated heterocycles. The molecule has 5 heteroatoms. The molecule has 0 saturated carbocycles. The van der Waals surface area contributed by atoms with Gasteiger partial charge in [-0.25, -0.2) is 4.79 Å². The van der Waals surface area contributed by atoms with Gasteiger partial charge in [0.05, 0.1) is 12.8 Å². The van der Waals surface area contributed by atoms with E-state index in [1.807, 2.05) is 0 Å². The molecule has 1 aromatic carbocycles. The number of hydrogen-bond donors (Lipinski definition) is 0. The minimum Gasteiger partial charge on any atom is -0.497 e. The van der Waals surface area contributed by atoms with Crippen LogP contribution in [0.5, 0.6) is 5.75 Å². The highest BCUT2D eigenvalue weighted by Crippen LogP contribution is 2.31. The normalized spacial score (nSPS) is 14.2. The summed E-state index contributed by atoms with van der Waals surface area (Å²) in [6, 6.07) is 5.05. The lowest BCUT2D eigenvalue weighted by atomic mass is 10.0. The van der Waals surface area contributed by atoms with Crippen LogP contribution in [0.1, 0.15) is 16.8 Å². The number of hydrogen-bond acceptors (Lipinski definition) is 3. The number of carbonyl (C=O) groups excluding carboxylic acids is 2. The molecule has 1 aliphatic heterocycles. The minimum atomic E-state index is -0.128. The van der Waals surface area contributed by atoms with Crippen LogP contribution >= 0.6 is 0 Å². The van der Waals surface area contributed by atoms with E-state index >= 15 is 0 Å². The van der Waals surface area contributed by atoms with E-state index in [0.29, 0.717) is 30.0 Å². The van der Waals surface area contributed by atoms with Gasteiger partial charge in [0, 0.05) is 38.7 Å². The lowest BCUT2D eigenvalue weighted by molar-refractivity contribution is 0.0980. The molecule has 0 N–H and O–H groups in total. The highest BCUT2D eigenvalue weighted by molar-refractivity contribution is 6.08. The topological polar surface area (TPSA) is 49.9 Å². The summed E-state index contributed by atoms with van der Waals surface area (Å²) in [6.45, 7) is 0.413. The number of urea groups is 1. The number of ketones is 1. The van der Waals surface area contributed by atoms with E-state index in [-0.39, 0.29) is 11.8 Å². The molecule has 0 unspecified atom stereocenters. The zero-order valence-electron chi connectivity index (χ0n) is 10.8. The van der Waals surface area contributed by atoms with Crippen LogP contribution in [0.3, 0.4) is 0 Å². The molecule has 0 aromatic heterocycles. The average molecular weight is 248 g/mol. The molecule has 5 nitrogen and oxygen atoms in total. The maximum Gasteiger partial charge on any atom is 0.323 e. The van der Waals surface area contributed by atoms with E-state index < -0.39 is 0 Å². The van der Waals surface area contributed by atoms with Gasteiger partial charge in [0.1, 0.15) is 5.75 Å². The van der Waals surface area contributed by atoms with Gasteiger partial charge in [-0.15, -0.1) is 0 Å². The van der Waals surface area contributed by atoms with E-state index in [4.69, 9.17) is 4.74 Å². The Labute approximate surface area is 106 Å². The number of fused-ring (bicyclic) bond motifs is 1. The van der Waals surface area contributed by atoms with Gasteiger partial charge in [0.2, 0.25) is 0 Å². The minimum absolute atomic E-state index is 0.0652. The van der Waals surface area contributed by atoms with Crippen molar-refractivity contribution in [2.75, 3.05) is 32.6 Å². The summed E-state index contributed by atoms with van der Waals surface area (Å²) in [4.78, 5) is 27.0. The summed E-state index contributed by atoms with van der Waals surface area (Å²) >= 11 is 0. The summed E-state index contributed by atoms with van der Waals surface area (Å²) in [5.74, 6) is 0.704. The number of Topliss-reactive ketones (excluding diaryl/α,β-unsaturated/α-hetero) is 1. The lowest BCUT2D eigenvalue weighted by Gasteiger charge is -2.31. The number of rotatable bonds is 1. The van der Waals surface area contributed by atoms with Gasteiger partial charge in [-0.2, -0.15) is 0 Å². The molecule has 0 fully saturated rings. The maximum atomic E-state index is 12.1. The van der Waals surface area contributed by atoms with E-state index in [1.54, 1.807) is 44.3 Å². The van der Waals surface area contributed by atoms with Gasteiger partial charge in [0.15, 0.2) is 5.78 Å². The standard InChI is InChI=1S/C13H16N2O3/c1-14(2)13(17)15-7-6-12(16)10-5-4-9(18-3)8-11(10)15/h4-5,8H,6-7H2,1-3H3. The summed E-state index contributed by atoms with van der Waals surface area (Å²) in [5, 5.41) is 0. The fourth-order valence-corrected chi connectivity index (χ4v) is 2.01. The maximum absolute atomic E-state index is 12.1. The molecular formula is C13H16N2O3. The number of nitrogens with zero attached hydrogens (tertiary/aromatic N) is 2. The first-order valence-electron chi connectivity index (χ1n) is 5.74. The van der Waals surface area contributed by atoms with Crippen LogP contribution in [0.4, 0.5) is 10.5 Å². The first-order valence-corrected chi connectivity index (χ1v) is 5.74. The van der Waals surface area contributed by atoms with Crippen molar-refractivity contribution in [2.45, 2.75) is 6.42 Å². The molecular weight excluding hydrogens is 232 g/mol. The van der Waals surface area contributed by atoms with Crippen molar-refractivity contribution in [2.24, 2.45) is 0 Å². The van der Waals surface area contributed by atoms with E-state index in [9.17, 15) is 9.59 Å². The monoisotopic (exact) mass is 248 g/mol. The van der Waals surface area contributed by atoms with Gasteiger partial charge < -0.3 is 9.64 Å². The van der Waals surface area contributed by atoms with Crippen molar-refractivity contribution in [3.8, 4) is 5.75 Å². The van der Waals surface area contributed by atoms with E-state index in [2.05, 4.69) is 0 Å². The van der Waals surface area contributed by atoms with Gasteiger partial charge in [-0.3, -0.25) is 9.69 Å². The largest absolute Gasteiger partial charge is 0.497 e. The summed E-state index contributed by atoms with van der Waals surface area (Å²) in [7, 11) is 4.95. The zero-order chi connectivity index (χ0) is 13.3. The van der Waals surface area contributed by atoms with Gasteiger partial charge in [0.25, 0.3) is 0 Å². The molecule has 0 radical (unpaired) electrons. The van der Waals surface area contributed by atoms with Crippen LogP contribution in [0.25, 0.3) is 0 Å². The molecule has 96 valence electrons. The lowest BCUT2D eigenvalue weighted by Crippen LogP contribution is -2.43. The van der Waals surface area contributed by atoms with E-state index in [0.717, 1.165) is 0 Å². The predicted molar refractivity (Wildman–Crippen MR) is 68.4 cm³/mol. The number of methoxy groups -OCH3 is 1. The second-order valence-electron chi connectivity index (χ2n) is 4.38. The van der Waals surface area contributed by atoms with Crippen LogP contribution in [0.2, 0.25) is 0 Å². The predicted octanol–water partition coefficient (Wildman–Crippen LogP) is 1.77. The first-order chi connectivity index (χ1) is 8.54. The molecule has 2 rings (SSSR count). The molecule has 0 aliphatic carbocycles. The molecule has 1 aliphatic rings. The Bertz CT molecular complexity index is 497. The number of carbonyl (C=O) groups is 2. The van der Waals surface area contributed by atoms with Gasteiger partial charge >= 0.3 is 6.03 Å². The third-order valence-electron chi connectivity index (χ3n) is 2.97. The molecule has 0 spiro atoms. The molecule has 1 aromatic rings. The Hall–Kier alpha value is -2.04. The third-order valence-corrected chi connectivity index (χ3v) is 2.97. The molecule has 18 heavy (non-hydrogen) atoms. The van der Waals surface area contributed by atoms with Crippen molar-refractivity contribution in [3.63, 3.8) is 0 Å². The van der Waals surface area contributed by atoms with Gasteiger partial charge in [-0.1, -0.05) is 0 Å². The Kier molecular flexibility index (Phi) is 3.23. The zero-order valence-corrected chi connectivity index (χ0v) is 10.8. The number of amides is 2. The number of ether oxygens (including phenoxy) is 1. The number of benzene rings is 1. The van der Waals surface area contributed by atoms with Crippen molar-refractivity contribution in [1.82, 2.24) is 4.90 Å². The molecule has 0 bridgehead atoms. The Morgan fingerprint density at radius 1 is 1.39 bits per heavy atom. The van der Waals surface area contributed by atoms with Crippen LogP contribution in [-0.4, -0.2) is 44.5 Å². The smallest absolute Gasteiger partial charge is 0.323 e. The molecule has 1 heterocycles. The van der Waals surface area contributed by atoms with Crippen molar-refractivity contribution < 1.29 is 14.3 Å². The summed E-state index contributed by atoms with van der Waals surface area (Å²) < 4.78 is 5.14. The SMILES string of the molecule is COc1ccc2c(c1)N(C(=O)N(C)C)CCC2=O. The number of anilines is 1. The van der Waals surface area contributed by atoms with Crippen LogP contribution < -0.4 is 9.64 Å². The average Bonchev–Trinajstić information content (AvgIpc) is 2.38. The fourth-order valence-electron chi connectivity index (χ4n) is 2.01. The highest BCUT2D eigenvalue weighted by Gasteiger charge is 2.28. The summed E-state index contributed by atoms with van der Waals surface area (Å²) in [5.41, 5.74) is 1.21. The molecule has 0 atom stereocenters. The van der Waals surface area contributed by atoms with Crippen molar-refractivity contribution >= 4 is 17.5 Å². The second-order valence-corrected chi connectivity index (χ2v) is 4.38. The third kappa shape index (κ3) is 2.03. The Balaban J connectivity index is 2.47. The quantitative estimate of drug-likeness (QED) is 0.761. The second kappa shape index (κ2) is 4.68. The Morgan fingerprint density at radius 2 is 2.11 bits per heavy atom. The fraction of sp³-hybridized carbons (Fsp3) is 0.385. The van der Waals surface area contributed by atoms with Crippen LogP contribution in [0.15, 0.2) is 18.2 Å².